The lowest BCUT2D eigenvalue weighted by Crippen LogP contribution is -2.20. The zero-order chi connectivity index (χ0) is 20.3. The van der Waals surface area contributed by atoms with Crippen molar-refractivity contribution in [3.8, 4) is 5.75 Å². The van der Waals surface area contributed by atoms with E-state index in [1.54, 1.807) is 6.07 Å². The largest absolute Gasteiger partial charge is 0.491 e. The van der Waals surface area contributed by atoms with E-state index in [2.05, 4.69) is 23.7 Å². The summed E-state index contributed by atoms with van der Waals surface area (Å²) in [5.41, 5.74) is 3.16. The first-order valence-corrected chi connectivity index (χ1v) is 9.51. The fourth-order valence-electron chi connectivity index (χ4n) is 3.13. The van der Waals surface area contributed by atoms with Crippen LogP contribution in [0.3, 0.4) is 0 Å². The number of nitrogens with zero attached hydrogens (tertiary/aromatic N) is 3. The predicted molar refractivity (Wildman–Crippen MR) is 113 cm³/mol. The van der Waals surface area contributed by atoms with Crippen molar-refractivity contribution in [1.82, 2.24) is 14.5 Å². The van der Waals surface area contributed by atoms with Crippen LogP contribution in [-0.2, 0) is 7.05 Å². The number of fused-ring (bicyclic) bond motifs is 1. The zero-order valence-electron chi connectivity index (χ0n) is 17.2. The van der Waals surface area contributed by atoms with E-state index in [1.165, 1.54) is 0 Å². The smallest absolute Gasteiger partial charge is 0.259 e. The van der Waals surface area contributed by atoms with Crippen molar-refractivity contribution in [3.63, 3.8) is 0 Å². The number of imidazole rings is 1. The number of carbonyl (C=O) groups is 1. The number of anilines is 1. The number of para-hydroxylation sites is 1. The highest BCUT2D eigenvalue weighted by atomic mass is 16.5. The average molecular weight is 380 g/mol. The molecular weight excluding hydrogens is 352 g/mol. The van der Waals surface area contributed by atoms with Crippen LogP contribution in [0.25, 0.3) is 11.0 Å². The molecule has 1 aromatic heterocycles. The Bertz CT molecular complexity index is 976. The van der Waals surface area contributed by atoms with Crippen LogP contribution in [0, 0.1) is 0 Å². The van der Waals surface area contributed by atoms with E-state index in [0.29, 0.717) is 29.5 Å². The van der Waals surface area contributed by atoms with Gasteiger partial charge in [0.25, 0.3) is 5.91 Å². The van der Waals surface area contributed by atoms with Gasteiger partial charge >= 0.3 is 0 Å². The quantitative estimate of drug-likeness (QED) is 0.676. The molecule has 1 amide bonds. The summed E-state index contributed by atoms with van der Waals surface area (Å²) in [5, 5.41) is 2.97. The monoisotopic (exact) mass is 380 g/mol. The van der Waals surface area contributed by atoms with Crippen LogP contribution < -0.4 is 10.1 Å². The first-order valence-electron chi connectivity index (χ1n) is 9.51. The van der Waals surface area contributed by atoms with Crippen molar-refractivity contribution in [2.45, 2.75) is 19.8 Å². The van der Waals surface area contributed by atoms with Gasteiger partial charge in [0.2, 0.25) is 0 Å². The van der Waals surface area contributed by atoms with Crippen molar-refractivity contribution >= 4 is 22.6 Å². The van der Waals surface area contributed by atoms with Crippen molar-refractivity contribution in [2.24, 2.45) is 7.05 Å². The summed E-state index contributed by atoms with van der Waals surface area (Å²) in [6.07, 6.45) is 0. The lowest BCUT2D eigenvalue weighted by Gasteiger charge is -2.14. The first-order chi connectivity index (χ1) is 13.4. The minimum absolute atomic E-state index is 0.195. The lowest BCUT2D eigenvalue weighted by atomic mass is 10.1. The Hall–Kier alpha value is -2.86. The van der Waals surface area contributed by atoms with Crippen LogP contribution in [-0.4, -0.2) is 47.6 Å². The third kappa shape index (κ3) is 4.34. The van der Waals surface area contributed by atoms with E-state index in [0.717, 1.165) is 23.4 Å². The van der Waals surface area contributed by atoms with Crippen LogP contribution in [0.15, 0.2) is 42.5 Å². The second-order valence-corrected chi connectivity index (χ2v) is 7.49. The van der Waals surface area contributed by atoms with Crippen molar-refractivity contribution < 1.29 is 9.53 Å². The number of aromatic nitrogens is 2. The number of benzene rings is 2. The van der Waals surface area contributed by atoms with E-state index in [1.807, 2.05) is 62.4 Å². The molecule has 1 N–H and O–H groups in total. The highest BCUT2D eigenvalue weighted by molar-refractivity contribution is 6.06. The number of rotatable bonds is 7. The van der Waals surface area contributed by atoms with Crippen LogP contribution >= 0.6 is 0 Å². The van der Waals surface area contributed by atoms with Gasteiger partial charge < -0.3 is 19.5 Å². The number of hydrogen-bond acceptors (Lipinski definition) is 4. The van der Waals surface area contributed by atoms with E-state index in [4.69, 9.17) is 9.72 Å². The number of ether oxygens (including phenoxy) is 1. The summed E-state index contributed by atoms with van der Waals surface area (Å²) < 4.78 is 7.90. The first kappa shape index (κ1) is 19.9. The molecule has 0 saturated heterocycles. The van der Waals surface area contributed by atoms with Gasteiger partial charge in [0.1, 0.15) is 18.2 Å². The van der Waals surface area contributed by atoms with E-state index < -0.39 is 0 Å². The second-order valence-electron chi connectivity index (χ2n) is 7.49. The summed E-state index contributed by atoms with van der Waals surface area (Å²) in [6, 6.07) is 13.1. The van der Waals surface area contributed by atoms with Crippen LogP contribution in [0.4, 0.5) is 5.69 Å². The maximum absolute atomic E-state index is 12.8. The van der Waals surface area contributed by atoms with Crippen molar-refractivity contribution in [2.75, 3.05) is 32.6 Å². The van der Waals surface area contributed by atoms with Gasteiger partial charge in [0.05, 0.1) is 16.6 Å². The molecule has 1 heterocycles. The van der Waals surface area contributed by atoms with Crippen molar-refractivity contribution in [3.05, 3.63) is 53.9 Å². The standard InChI is InChI=1S/C22H28N4O2/c1-15(2)21-24-18-14-16(10-11-19(18)26(21)5)23-22(27)17-8-6-7-9-20(17)28-13-12-25(3)4/h6-11,14-15H,12-13H2,1-5H3,(H,23,27). The average Bonchev–Trinajstić information content (AvgIpc) is 2.98. The second kappa shape index (κ2) is 8.44. The Kier molecular flexibility index (Phi) is 5.99. The Morgan fingerprint density at radius 1 is 1.21 bits per heavy atom. The van der Waals surface area contributed by atoms with Gasteiger partial charge in [0.15, 0.2) is 0 Å². The van der Waals surface area contributed by atoms with Gasteiger partial charge in [-0.2, -0.15) is 0 Å². The Labute approximate surface area is 166 Å². The molecule has 0 spiro atoms. The summed E-state index contributed by atoms with van der Waals surface area (Å²) in [6.45, 7) is 5.55. The zero-order valence-corrected chi connectivity index (χ0v) is 17.2. The maximum atomic E-state index is 12.8. The minimum atomic E-state index is -0.195. The minimum Gasteiger partial charge on any atom is -0.491 e. The predicted octanol–water partition coefficient (Wildman–Crippen LogP) is 3.89. The Morgan fingerprint density at radius 3 is 2.68 bits per heavy atom. The highest BCUT2D eigenvalue weighted by Gasteiger charge is 2.15. The molecule has 6 nitrogen and oxygen atoms in total. The molecule has 0 atom stereocenters. The molecule has 0 radical (unpaired) electrons. The number of aryl methyl sites for hydroxylation is 1. The molecule has 0 aliphatic carbocycles. The SMILES string of the molecule is CC(C)c1nc2cc(NC(=O)c3ccccc3OCCN(C)C)ccc2n1C. The molecule has 0 fully saturated rings. The molecule has 28 heavy (non-hydrogen) atoms. The molecule has 3 aromatic rings. The van der Waals surface area contributed by atoms with Crippen LogP contribution in [0.5, 0.6) is 5.75 Å². The molecular formula is C22H28N4O2. The fourth-order valence-corrected chi connectivity index (χ4v) is 3.13. The molecule has 6 heteroatoms. The van der Waals surface area contributed by atoms with E-state index in [-0.39, 0.29) is 5.91 Å². The molecule has 0 aliphatic rings. The van der Waals surface area contributed by atoms with Gasteiger partial charge in [0, 0.05) is 25.2 Å². The van der Waals surface area contributed by atoms with Gasteiger partial charge in [-0.05, 0) is 44.4 Å². The van der Waals surface area contributed by atoms with Gasteiger partial charge in [-0.3, -0.25) is 4.79 Å². The van der Waals surface area contributed by atoms with Crippen molar-refractivity contribution in [1.29, 1.82) is 0 Å². The number of likely N-dealkylation sites (N-methyl/N-ethyl adjacent to an activating group) is 1. The van der Waals surface area contributed by atoms with Gasteiger partial charge in [-0.1, -0.05) is 26.0 Å². The molecule has 2 aromatic carbocycles. The van der Waals surface area contributed by atoms with E-state index in [9.17, 15) is 4.79 Å². The molecule has 0 saturated carbocycles. The highest BCUT2D eigenvalue weighted by Crippen LogP contribution is 2.25. The molecule has 148 valence electrons. The molecule has 0 aliphatic heterocycles. The van der Waals surface area contributed by atoms with Gasteiger partial charge in [-0.25, -0.2) is 4.98 Å². The lowest BCUT2D eigenvalue weighted by molar-refractivity contribution is 0.102. The number of amides is 1. The van der Waals surface area contributed by atoms with Crippen LogP contribution in [0.1, 0.15) is 35.9 Å². The number of carbonyl (C=O) groups excluding carboxylic acids is 1. The van der Waals surface area contributed by atoms with Gasteiger partial charge in [-0.15, -0.1) is 0 Å². The molecule has 0 bridgehead atoms. The number of hydrogen-bond donors (Lipinski definition) is 1. The Balaban J connectivity index is 1.79. The topological polar surface area (TPSA) is 59.4 Å². The fraction of sp³-hybridized carbons (Fsp3) is 0.364. The third-order valence-corrected chi connectivity index (χ3v) is 4.62. The summed E-state index contributed by atoms with van der Waals surface area (Å²) in [7, 11) is 5.99. The summed E-state index contributed by atoms with van der Waals surface area (Å²) in [4.78, 5) is 19.6. The third-order valence-electron chi connectivity index (χ3n) is 4.62. The maximum Gasteiger partial charge on any atom is 0.259 e. The molecule has 3 rings (SSSR count). The van der Waals surface area contributed by atoms with Crippen LogP contribution in [0.2, 0.25) is 0 Å². The molecule has 0 unspecified atom stereocenters. The normalized spacial score (nSPS) is 11.4. The summed E-state index contributed by atoms with van der Waals surface area (Å²) >= 11 is 0. The number of nitrogens with one attached hydrogen (secondary N) is 1. The Morgan fingerprint density at radius 2 is 1.96 bits per heavy atom. The van der Waals surface area contributed by atoms with E-state index >= 15 is 0 Å². The summed E-state index contributed by atoms with van der Waals surface area (Å²) in [5.74, 6) is 1.75.